The molecule has 3 unspecified atom stereocenters. The molecule has 1 aliphatic heterocycles. The lowest BCUT2D eigenvalue weighted by Gasteiger charge is -2.38. The average Bonchev–Trinajstić information content (AvgIpc) is 3.58. The van der Waals surface area contributed by atoms with Crippen molar-refractivity contribution in [3.05, 3.63) is 93.5 Å². The van der Waals surface area contributed by atoms with Crippen molar-refractivity contribution in [1.29, 1.82) is 0 Å². The minimum atomic E-state index is -0.808. The van der Waals surface area contributed by atoms with Gasteiger partial charge >= 0.3 is 0 Å². The summed E-state index contributed by atoms with van der Waals surface area (Å²) >= 11 is 5.86. The molecule has 10 heteroatoms. The molecule has 3 N–H and O–H groups in total. The second-order valence-corrected chi connectivity index (χ2v) is 9.55. The smallest absolute Gasteiger partial charge is 0.248 e. The summed E-state index contributed by atoms with van der Waals surface area (Å²) in [6.45, 7) is 1.79. The molecule has 2 aliphatic rings. The number of aromatic nitrogens is 3. The molecule has 1 aromatic carbocycles. The van der Waals surface area contributed by atoms with Crippen LogP contribution in [0, 0.1) is 11.7 Å². The number of carbonyl (C=O) groups is 1. The molecule has 0 bridgehead atoms. The third-order valence-electron chi connectivity index (χ3n) is 6.80. The number of rotatable bonds is 6. The van der Waals surface area contributed by atoms with E-state index in [9.17, 15) is 19.1 Å². The fraction of sp³-hybridized carbons (Fsp3) is 0.280. The highest BCUT2D eigenvalue weighted by molar-refractivity contribution is 6.30. The Balaban J connectivity index is 1.44. The number of H-pyrrole nitrogens is 1. The second kappa shape index (κ2) is 8.58. The van der Waals surface area contributed by atoms with Gasteiger partial charge in [0.05, 0.1) is 21.9 Å². The number of anilines is 2. The number of amides is 1. The van der Waals surface area contributed by atoms with Crippen molar-refractivity contribution in [2.75, 3.05) is 11.9 Å². The fourth-order valence-electron chi connectivity index (χ4n) is 4.75. The first kappa shape index (κ1) is 23.2. The molecule has 8 nitrogen and oxygen atoms in total. The number of carbonyl (C=O) groups excluding carboxylic acids is 1. The van der Waals surface area contributed by atoms with E-state index in [1.165, 1.54) is 24.4 Å². The van der Waals surface area contributed by atoms with Crippen molar-refractivity contribution >= 4 is 29.1 Å². The van der Waals surface area contributed by atoms with E-state index in [0.29, 0.717) is 29.3 Å². The van der Waals surface area contributed by atoms with Crippen LogP contribution < -0.4 is 10.9 Å². The van der Waals surface area contributed by atoms with Crippen molar-refractivity contribution in [1.82, 2.24) is 19.9 Å². The maximum Gasteiger partial charge on any atom is 0.248 e. The normalized spacial score (nSPS) is 25.5. The number of halogens is 2. The topological polar surface area (TPSA) is 111 Å². The Labute approximate surface area is 205 Å². The summed E-state index contributed by atoms with van der Waals surface area (Å²) in [7, 11) is 0. The molecular formula is C25H23ClFN5O3. The van der Waals surface area contributed by atoms with Gasteiger partial charge in [-0.25, -0.2) is 14.4 Å². The van der Waals surface area contributed by atoms with E-state index in [-0.39, 0.29) is 35.4 Å². The number of allylic oxidation sites excluding steroid dienone is 1. The van der Waals surface area contributed by atoms with Crippen molar-refractivity contribution in [2.45, 2.75) is 30.7 Å². The van der Waals surface area contributed by atoms with Crippen LogP contribution in [0.1, 0.15) is 31.0 Å². The molecule has 2 aromatic heterocycles. The Morgan fingerprint density at radius 1 is 1.29 bits per heavy atom. The predicted octanol–water partition coefficient (Wildman–Crippen LogP) is 3.61. The van der Waals surface area contributed by atoms with Gasteiger partial charge in [0.2, 0.25) is 17.4 Å². The number of pyridine rings is 1. The fourth-order valence-corrected chi connectivity index (χ4v) is 4.87. The van der Waals surface area contributed by atoms with Crippen molar-refractivity contribution in [3.63, 3.8) is 0 Å². The first-order chi connectivity index (χ1) is 16.7. The van der Waals surface area contributed by atoms with Gasteiger partial charge in [-0.2, -0.15) is 0 Å². The van der Waals surface area contributed by atoms with Crippen LogP contribution in [-0.2, 0) is 15.7 Å². The highest BCUT2D eigenvalue weighted by Gasteiger charge is 2.61. The van der Waals surface area contributed by atoms with Gasteiger partial charge in [-0.15, -0.1) is 0 Å². The standard InChI is InChI=1S/C25H23ClFN5O3/c1-24(20-6-8-28-23(31-20)30-17-3-5-21(34)29-13-17)7-9-32(22(35)12-24)25(11-16(25)14-33)15-2-4-18(26)19(27)10-15/h2-10,13,16,33H,11-12,14H2,1H3,(H,29,34)(H,28,30,31). The number of benzene rings is 1. The number of nitrogens with one attached hydrogen (secondary N) is 2. The van der Waals surface area contributed by atoms with Crippen LogP contribution in [0.4, 0.5) is 16.0 Å². The van der Waals surface area contributed by atoms with Crippen LogP contribution in [0.2, 0.25) is 5.02 Å². The Hall–Kier alpha value is -3.56. The Kier molecular flexibility index (Phi) is 5.69. The van der Waals surface area contributed by atoms with Crippen LogP contribution in [0.3, 0.4) is 0 Å². The molecule has 3 heterocycles. The highest BCUT2D eigenvalue weighted by atomic mass is 35.5. The van der Waals surface area contributed by atoms with Crippen LogP contribution in [0.5, 0.6) is 0 Å². The predicted molar refractivity (Wildman–Crippen MR) is 129 cm³/mol. The zero-order valence-corrected chi connectivity index (χ0v) is 19.6. The summed E-state index contributed by atoms with van der Waals surface area (Å²) in [6.07, 6.45) is 7.40. The van der Waals surface area contributed by atoms with Gasteiger partial charge in [0, 0.05) is 49.0 Å². The van der Waals surface area contributed by atoms with E-state index >= 15 is 0 Å². The number of aliphatic hydroxyl groups excluding tert-OH is 1. The second-order valence-electron chi connectivity index (χ2n) is 9.14. The average molecular weight is 496 g/mol. The summed E-state index contributed by atoms with van der Waals surface area (Å²) in [6, 6.07) is 9.28. The quantitative estimate of drug-likeness (QED) is 0.481. The molecule has 1 saturated carbocycles. The van der Waals surface area contributed by atoms with E-state index in [0.717, 1.165) is 0 Å². The van der Waals surface area contributed by atoms with E-state index < -0.39 is 16.8 Å². The lowest BCUT2D eigenvalue weighted by Crippen LogP contribution is -2.44. The summed E-state index contributed by atoms with van der Waals surface area (Å²) in [5.41, 5.74) is 0.144. The van der Waals surface area contributed by atoms with Crippen LogP contribution in [0.15, 0.2) is 65.9 Å². The molecule has 0 radical (unpaired) electrons. The molecule has 0 spiro atoms. The van der Waals surface area contributed by atoms with E-state index in [2.05, 4.69) is 20.3 Å². The summed E-state index contributed by atoms with van der Waals surface area (Å²) in [4.78, 5) is 37.7. The Bertz CT molecular complexity index is 1380. The third kappa shape index (κ3) is 4.11. The molecular weight excluding hydrogens is 473 g/mol. The number of hydrogen-bond donors (Lipinski definition) is 3. The van der Waals surface area contributed by atoms with E-state index in [1.54, 1.807) is 35.5 Å². The molecule has 180 valence electrons. The van der Waals surface area contributed by atoms with Gasteiger partial charge in [-0.1, -0.05) is 23.7 Å². The van der Waals surface area contributed by atoms with Gasteiger partial charge in [0.1, 0.15) is 5.82 Å². The molecule has 1 aliphatic carbocycles. The maximum atomic E-state index is 14.2. The zero-order chi connectivity index (χ0) is 24.8. The first-order valence-corrected chi connectivity index (χ1v) is 11.5. The number of nitrogens with zero attached hydrogens (tertiary/aromatic N) is 3. The molecule has 1 fully saturated rings. The summed E-state index contributed by atoms with van der Waals surface area (Å²) in [5, 5.41) is 12.9. The Morgan fingerprint density at radius 3 is 2.77 bits per heavy atom. The SMILES string of the molecule is CC1(c2ccnc(Nc3ccc(=O)[nH]c3)n2)C=CN(C2(c3ccc(Cl)c(F)c3)CC2CO)C(=O)C1. The minimum Gasteiger partial charge on any atom is -0.396 e. The maximum absolute atomic E-state index is 14.2. The Morgan fingerprint density at radius 2 is 2.11 bits per heavy atom. The van der Waals surface area contributed by atoms with Crippen LogP contribution >= 0.6 is 11.6 Å². The molecule has 3 atom stereocenters. The molecule has 5 rings (SSSR count). The van der Waals surface area contributed by atoms with Gasteiger partial charge < -0.3 is 20.3 Å². The van der Waals surface area contributed by atoms with Crippen molar-refractivity contribution in [3.8, 4) is 0 Å². The number of aromatic amines is 1. The van der Waals surface area contributed by atoms with Gasteiger partial charge in [-0.05, 0) is 43.2 Å². The minimum absolute atomic E-state index is 0.00761. The van der Waals surface area contributed by atoms with E-state index in [4.69, 9.17) is 11.6 Å². The highest BCUT2D eigenvalue weighted by Crippen LogP contribution is 2.58. The van der Waals surface area contributed by atoms with Gasteiger partial charge in [0.25, 0.3) is 0 Å². The lowest BCUT2D eigenvalue weighted by molar-refractivity contribution is -0.133. The largest absolute Gasteiger partial charge is 0.396 e. The van der Waals surface area contributed by atoms with Gasteiger partial charge in [-0.3, -0.25) is 9.59 Å². The molecule has 3 aromatic rings. The molecule has 35 heavy (non-hydrogen) atoms. The molecule has 0 saturated heterocycles. The summed E-state index contributed by atoms with van der Waals surface area (Å²) in [5.74, 6) is -0.591. The number of hydrogen-bond acceptors (Lipinski definition) is 6. The van der Waals surface area contributed by atoms with Gasteiger partial charge in [0.15, 0.2) is 0 Å². The summed E-state index contributed by atoms with van der Waals surface area (Å²) < 4.78 is 14.2. The zero-order valence-electron chi connectivity index (χ0n) is 18.8. The molecule has 1 amide bonds. The first-order valence-electron chi connectivity index (χ1n) is 11.1. The monoisotopic (exact) mass is 495 g/mol. The van der Waals surface area contributed by atoms with E-state index in [1.807, 2.05) is 13.0 Å². The lowest BCUT2D eigenvalue weighted by atomic mass is 9.80. The number of aliphatic hydroxyl groups is 1. The van der Waals surface area contributed by atoms with Crippen LogP contribution in [-0.4, -0.2) is 37.5 Å². The van der Waals surface area contributed by atoms with Crippen LogP contribution in [0.25, 0.3) is 0 Å². The van der Waals surface area contributed by atoms with Crippen molar-refractivity contribution < 1.29 is 14.3 Å². The van der Waals surface area contributed by atoms with Crippen molar-refractivity contribution in [2.24, 2.45) is 5.92 Å². The third-order valence-corrected chi connectivity index (χ3v) is 7.11.